The van der Waals surface area contributed by atoms with Gasteiger partial charge in [-0.1, -0.05) is 138 Å². The summed E-state index contributed by atoms with van der Waals surface area (Å²) in [6.45, 7) is 26.9. The molecule has 4 nitrogen and oxygen atoms in total. The lowest BCUT2D eigenvalue weighted by Crippen LogP contribution is -2.13. The molecule has 2 N–H and O–H groups in total. The van der Waals surface area contributed by atoms with Gasteiger partial charge in [0, 0.05) is 33.3 Å². The number of hydrogen-bond acceptors (Lipinski definition) is 2. The number of aromatic nitrogens is 4. The van der Waals surface area contributed by atoms with Crippen molar-refractivity contribution in [3.8, 4) is 22.5 Å². The summed E-state index contributed by atoms with van der Waals surface area (Å²) in [6, 6.07) is 23.1. The van der Waals surface area contributed by atoms with E-state index in [9.17, 15) is 0 Å². The fourth-order valence-electron chi connectivity index (χ4n) is 7.44. The first-order chi connectivity index (χ1) is 23.3. The Morgan fingerprint density at radius 3 is 1.56 bits per heavy atom. The van der Waals surface area contributed by atoms with E-state index in [0.717, 1.165) is 48.7 Å². The summed E-state index contributed by atoms with van der Waals surface area (Å²) in [6.07, 6.45) is 4.27. The molecule has 0 saturated heterocycles. The van der Waals surface area contributed by atoms with Crippen molar-refractivity contribution in [2.75, 3.05) is 0 Å². The monoisotopic (exact) mass is 664 g/mol. The molecule has 0 unspecified atom stereocenters. The molecule has 0 bridgehead atoms. The quantitative estimate of drug-likeness (QED) is 0.170. The van der Waals surface area contributed by atoms with E-state index in [1.807, 2.05) is 0 Å². The van der Waals surface area contributed by atoms with Crippen molar-refractivity contribution >= 4 is 21.5 Å². The maximum absolute atomic E-state index is 4.97. The third-order valence-corrected chi connectivity index (χ3v) is 10.7. The van der Waals surface area contributed by atoms with Crippen LogP contribution < -0.4 is 0 Å². The maximum atomic E-state index is 4.97. The highest BCUT2D eigenvalue weighted by atomic mass is 15.0. The number of imidazole rings is 2. The lowest BCUT2D eigenvalue weighted by Gasteiger charge is -2.22. The predicted molar refractivity (Wildman–Crippen MR) is 213 cm³/mol. The highest BCUT2D eigenvalue weighted by Crippen LogP contribution is 2.40. The third kappa shape index (κ3) is 6.31. The summed E-state index contributed by atoms with van der Waals surface area (Å²) in [7, 11) is 0. The first-order valence-electron chi connectivity index (χ1n) is 18.6. The van der Waals surface area contributed by atoms with E-state index in [0.29, 0.717) is 0 Å². The second-order valence-corrected chi connectivity index (χ2v) is 18.9. The molecule has 0 atom stereocenters. The maximum Gasteiger partial charge on any atom is 0.112 e. The van der Waals surface area contributed by atoms with Crippen LogP contribution in [0, 0.1) is 0 Å². The van der Waals surface area contributed by atoms with Crippen LogP contribution in [0.5, 0.6) is 0 Å². The van der Waals surface area contributed by atoms with Crippen LogP contribution >= 0.6 is 0 Å². The van der Waals surface area contributed by atoms with Crippen LogP contribution in [0.15, 0.2) is 60.7 Å². The zero-order valence-corrected chi connectivity index (χ0v) is 32.5. The van der Waals surface area contributed by atoms with E-state index >= 15 is 0 Å². The number of nitrogens with one attached hydrogen (secondary N) is 2. The predicted octanol–water partition coefficient (Wildman–Crippen LogP) is 11.8. The van der Waals surface area contributed by atoms with Crippen LogP contribution in [0.25, 0.3) is 44.1 Å². The topological polar surface area (TPSA) is 57.4 Å². The average Bonchev–Trinajstić information content (AvgIpc) is 3.68. The van der Waals surface area contributed by atoms with Crippen LogP contribution in [0.1, 0.15) is 128 Å². The van der Waals surface area contributed by atoms with E-state index in [-0.39, 0.29) is 21.7 Å². The zero-order chi connectivity index (χ0) is 36.0. The van der Waals surface area contributed by atoms with E-state index in [1.165, 1.54) is 66.3 Å². The van der Waals surface area contributed by atoms with Gasteiger partial charge in [-0.3, -0.25) is 0 Å². The number of rotatable bonds is 0. The van der Waals surface area contributed by atoms with E-state index < -0.39 is 0 Å². The Bertz CT molecular complexity index is 2180. The number of hydrogen-bond donors (Lipinski definition) is 2. The van der Waals surface area contributed by atoms with Crippen LogP contribution in [-0.4, -0.2) is 19.9 Å². The van der Waals surface area contributed by atoms with Crippen molar-refractivity contribution in [1.82, 2.24) is 19.9 Å². The Morgan fingerprint density at radius 2 is 0.980 bits per heavy atom. The van der Waals surface area contributed by atoms with Gasteiger partial charge in [0.15, 0.2) is 0 Å². The SMILES string of the molecule is CC(C)(C)c1ccc2c3c(ccc2c1)-c1nc(C(C)(C)C)[nH]c1CC3.CC(C)(C)c1ccc2cc3c(cc2c1)CCc1[nH]c(C(C)(C)C)nc1-3. The summed E-state index contributed by atoms with van der Waals surface area (Å²) < 4.78 is 0. The van der Waals surface area contributed by atoms with Crippen molar-refractivity contribution < 1.29 is 0 Å². The molecule has 0 fully saturated rings. The van der Waals surface area contributed by atoms with Gasteiger partial charge in [0.2, 0.25) is 0 Å². The van der Waals surface area contributed by atoms with E-state index in [2.05, 4.69) is 154 Å². The zero-order valence-electron chi connectivity index (χ0n) is 32.5. The van der Waals surface area contributed by atoms with Gasteiger partial charge in [-0.2, -0.15) is 0 Å². The van der Waals surface area contributed by atoms with E-state index in [1.54, 1.807) is 0 Å². The Balaban J connectivity index is 0.000000157. The molecule has 8 rings (SSSR count). The molecule has 2 aliphatic rings. The number of fused-ring (bicyclic) bond motifs is 9. The first-order valence-corrected chi connectivity index (χ1v) is 18.6. The highest BCUT2D eigenvalue weighted by molar-refractivity contribution is 5.93. The Morgan fingerprint density at radius 1 is 0.460 bits per heavy atom. The molecular weight excluding hydrogens is 609 g/mol. The van der Waals surface area contributed by atoms with Gasteiger partial charge in [0.1, 0.15) is 11.6 Å². The Kier molecular flexibility index (Phi) is 8.01. The molecule has 6 aromatic rings. The number of aromatic amines is 2. The highest BCUT2D eigenvalue weighted by Gasteiger charge is 2.28. The van der Waals surface area contributed by atoms with Crippen LogP contribution in [0.3, 0.4) is 0 Å². The van der Waals surface area contributed by atoms with Gasteiger partial charge in [-0.05, 0) is 86.4 Å². The van der Waals surface area contributed by atoms with Crippen LogP contribution in [0.4, 0.5) is 0 Å². The van der Waals surface area contributed by atoms with Gasteiger partial charge in [-0.25, -0.2) is 9.97 Å². The van der Waals surface area contributed by atoms with Crippen molar-refractivity contribution in [3.63, 3.8) is 0 Å². The molecule has 0 saturated carbocycles. The average molecular weight is 665 g/mol. The molecule has 50 heavy (non-hydrogen) atoms. The molecule has 2 aromatic heterocycles. The minimum absolute atomic E-state index is 0.0515. The van der Waals surface area contributed by atoms with E-state index in [4.69, 9.17) is 9.97 Å². The fraction of sp³-hybridized carbons (Fsp3) is 0.435. The Labute approximate surface area is 299 Å². The molecule has 0 aliphatic heterocycles. The molecule has 2 aliphatic carbocycles. The van der Waals surface area contributed by atoms with Gasteiger partial charge in [0.25, 0.3) is 0 Å². The normalized spacial score (nSPS) is 14.5. The Hall–Kier alpha value is -4.18. The summed E-state index contributed by atoms with van der Waals surface area (Å²) in [4.78, 5) is 17.1. The lowest BCUT2D eigenvalue weighted by atomic mass is 9.83. The van der Waals surface area contributed by atoms with Crippen molar-refractivity contribution in [2.24, 2.45) is 0 Å². The lowest BCUT2D eigenvalue weighted by molar-refractivity contribution is 0.551. The minimum atomic E-state index is 0.0515. The second kappa shape index (κ2) is 11.7. The number of H-pyrrole nitrogens is 2. The number of nitrogens with zero attached hydrogens (tertiary/aromatic N) is 2. The van der Waals surface area contributed by atoms with Gasteiger partial charge >= 0.3 is 0 Å². The third-order valence-electron chi connectivity index (χ3n) is 10.7. The van der Waals surface area contributed by atoms with Gasteiger partial charge < -0.3 is 9.97 Å². The number of aryl methyl sites for hydroxylation is 4. The second-order valence-electron chi connectivity index (χ2n) is 18.9. The molecule has 0 radical (unpaired) electrons. The van der Waals surface area contributed by atoms with Crippen LogP contribution in [0.2, 0.25) is 0 Å². The summed E-state index contributed by atoms with van der Waals surface area (Å²) in [5, 5.41) is 5.39. The van der Waals surface area contributed by atoms with Gasteiger partial charge in [0.05, 0.1) is 11.4 Å². The van der Waals surface area contributed by atoms with Crippen molar-refractivity contribution in [2.45, 2.75) is 130 Å². The molecule has 0 spiro atoms. The molecule has 0 amide bonds. The molecular formula is C46H56N4. The molecule has 260 valence electrons. The largest absolute Gasteiger partial charge is 0.345 e. The molecule has 2 heterocycles. The summed E-state index contributed by atoms with van der Waals surface area (Å²) >= 11 is 0. The van der Waals surface area contributed by atoms with Crippen LogP contribution in [-0.2, 0) is 47.3 Å². The standard InChI is InChI=1S/2C23H28N2/c1-22(2,3)17-9-7-14-13-18-15(11-16(14)12-17)8-10-19-20(18)25-21(24-19)23(4,5)6;1-22(2,3)15-8-10-16-14(13-15)7-9-18-17(16)11-12-19-20(18)25-21(24-19)23(4,5)6/h7,9,11-13H,8,10H2,1-6H3,(H,24,25);7-10,13H,11-12H2,1-6H3,(H,24,25). The molecule has 4 heteroatoms. The summed E-state index contributed by atoms with van der Waals surface area (Å²) in [5.41, 5.74) is 13.7. The van der Waals surface area contributed by atoms with Crippen molar-refractivity contribution in [3.05, 3.63) is 106 Å². The van der Waals surface area contributed by atoms with Crippen molar-refractivity contribution in [1.29, 1.82) is 0 Å². The van der Waals surface area contributed by atoms with Gasteiger partial charge in [-0.15, -0.1) is 0 Å². The first kappa shape index (κ1) is 34.3. The molecule has 4 aromatic carbocycles. The fourth-order valence-corrected chi connectivity index (χ4v) is 7.44. The minimum Gasteiger partial charge on any atom is -0.345 e. The number of benzene rings is 4. The summed E-state index contributed by atoms with van der Waals surface area (Å²) in [5.74, 6) is 2.18. The smallest absolute Gasteiger partial charge is 0.112 e.